The largest absolute Gasteiger partial charge is 0.465 e. The first kappa shape index (κ1) is 14.4. The predicted molar refractivity (Wildman–Crippen MR) is 84.5 cm³/mol. The van der Waals surface area contributed by atoms with Crippen molar-refractivity contribution in [3.63, 3.8) is 0 Å². The van der Waals surface area contributed by atoms with E-state index in [0.29, 0.717) is 18.5 Å². The van der Waals surface area contributed by atoms with E-state index in [9.17, 15) is 4.79 Å². The fraction of sp³-hybridized carbons (Fsp3) is 0.467. The number of carboxylic acid groups (broad SMARTS) is 1. The Morgan fingerprint density at radius 2 is 2.14 bits per heavy atom. The number of benzene rings is 1. The summed E-state index contributed by atoms with van der Waals surface area (Å²) < 4.78 is 3.13. The van der Waals surface area contributed by atoms with Gasteiger partial charge in [0.2, 0.25) is 0 Å². The molecule has 1 amide bonds. The molecular formula is C15H18BrN3O2. The Morgan fingerprint density at radius 1 is 1.38 bits per heavy atom. The lowest BCUT2D eigenvalue weighted by Gasteiger charge is -2.28. The van der Waals surface area contributed by atoms with Crippen LogP contribution in [-0.2, 0) is 0 Å². The third-order valence-electron chi connectivity index (χ3n) is 4.22. The minimum Gasteiger partial charge on any atom is -0.465 e. The van der Waals surface area contributed by atoms with Gasteiger partial charge in [0.15, 0.2) is 0 Å². The number of nitrogens with zero attached hydrogens (tertiary/aromatic N) is 2. The monoisotopic (exact) mass is 351 g/mol. The number of carbonyl (C=O) groups is 1. The van der Waals surface area contributed by atoms with Gasteiger partial charge in [-0.15, -0.1) is 0 Å². The van der Waals surface area contributed by atoms with E-state index in [-0.39, 0.29) is 0 Å². The van der Waals surface area contributed by atoms with E-state index in [1.54, 1.807) is 0 Å². The number of hydrogen-bond donors (Lipinski definition) is 2. The Morgan fingerprint density at radius 3 is 2.86 bits per heavy atom. The summed E-state index contributed by atoms with van der Waals surface area (Å²) in [5.41, 5.74) is 1.01. The summed E-state index contributed by atoms with van der Waals surface area (Å²) in [5, 5.41) is 17.0. The number of fused-ring (bicyclic) bond motifs is 1. The second-order valence-corrected chi connectivity index (χ2v) is 6.59. The molecule has 0 spiro atoms. The van der Waals surface area contributed by atoms with Gasteiger partial charge in [-0.25, -0.2) is 4.79 Å². The van der Waals surface area contributed by atoms with Crippen molar-refractivity contribution in [1.82, 2.24) is 15.1 Å². The molecule has 1 fully saturated rings. The summed E-state index contributed by atoms with van der Waals surface area (Å²) >= 11 is 3.47. The molecule has 1 aliphatic carbocycles. The van der Waals surface area contributed by atoms with Crippen LogP contribution in [0.2, 0.25) is 0 Å². The van der Waals surface area contributed by atoms with Gasteiger partial charge < -0.3 is 10.4 Å². The first-order valence-corrected chi connectivity index (χ1v) is 8.02. The van der Waals surface area contributed by atoms with Crippen molar-refractivity contribution in [2.75, 3.05) is 6.54 Å². The van der Waals surface area contributed by atoms with Crippen LogP contribution in [0.5, 0.6) is 0 Å². The van der Waals surface area contributed by atoms with Gasteiger partial charge in [-0.3, -0.25) is 4.68 Å². The topological polar surface area (TPSA) is 67.2 Å². The van der Waals surface area contributed by atoms with E-state index in [4.69, 9.17) is 5.11 Å². The molecule has 1 aromatic carbocycles. The maximum Gasteiger partial charge on any atom is 0.404 e. The lowest BCUT2D eigenvalue weighted by atomic mass is 9.86. The zero-order chi connectivity index (χ0) is 14.8. The average molecular weight is 352 g/mol. The Hall–Kier alpha value is -1.56. The van der Waals surface area contributed by atoms with E-state index < -0.39 is 6.09 Å². The molecular weight excluding hydrogens is 334 g/mol. The van der Waals surface area contributed by atoms with Crippen LogP contribution >= 0.6 is 15.9 Å². The molecule has 0 bridgehead atoms. The molecule has 3 rings (SSSR count). The van der Waals surface area contributed by atoms with Gasteiger partial charge in [-0.05, 0) is 43.7 Å². The third kappa shape index (κ3) is 3.37. The van der Waals surface area contributed by atoms with Crippen LogP contribution in [-0.4, -0.2) is 27.5 Å². The molecule has 112 valence electrons. The van der Waals surface area contributed by atoms with Crippen LogP contribution in [0.3, 0.4) is 0 Å². The van der Waals surface area contributed by atoms with Gasteiger partial charge in [-0.2, -0.15) is 5.10 Å². The minimum atomic E-state index is -0.930. The molecule has 1 heterocycles. The van der Waals surface area contributed by atoms with E-state index in [2.05, 4.69) is 43.3 Å². The SMILES string of the molecule is O=C(O)NCC1CCC(n2cc3ccc(Br)cc3n2)CC1. The van der Waals surface area contributed by atoms with E-state index in [0.717, 1.165) is 41.1 Å². The molecule has 2 aromatic rings. The Balaban J connectivity index is 1.64. The normalized spacial score (nSPS) is 22.3. The summed E-state index contributed by atoms with van der Waals surface area (Å²) in [6, 6.07) is 6.57. The molecule has 0 aliphatic heterocycles. The molecule has 5 nitrogen and oxygen atoms in total. The molecule has 1 aliphatic rings. The Kier molecular flexibility index (Phi) is 4.14. The number of hydrogen-bond acceptors (Lipinski definition) is 2. The summed E-state index contributed by atoms with van der Waals surface area (Å²) in [4.78, 5) is 10.5. The molecule has 0 unspecified atom stereocenters. The maximum absolute atomic E-state index is 10.5. The molecule has 0 saturated heterocycles. The smallest absolute Gasteiger partial charge is 0.404 e. The van der Waals surface area contributed by atoms with Crippen LogP contribution < -0.4 is 5.32 Å². The first-order chi connectivity index (χ1) is 10.1. The summed E-state index contributed by atoms with van der Waals surface area (Å²) in [5.74, 6) is 0.455. The highest BCUT2D eigenvalue weighted by molar-refractivity contribution is 9.10. The number of nitrogens with one attached hydrogen (secondary N) is 1. The minimum absolute atomic E-state index is 0.428. The van der Waals surface area contributed by atoms with Crippen molar-refractivity contribution in [2.24, 2.45) is 5.92 Å². The van der Waals surface area contributed by atoms with Crippen molar-refractivity contribution in [1.29, 1.82) is 0 Å². The summed E-state index contributed by atoms with van der Waals surface area (Å²) in [7, 11) is 0. The second kappa shape index (κ2) is 6.05. The number of halogens is 1. The quantitative estimate of drug-likeness (QED) is 0.883. The lowest BCUT2D eigenvalue weighted by molar-refractivity contribution is 0.187. The van der Waals surface area contributed by atoms with Crippen molar-refractivity contribution in [2.45, 2.75) is 31.7 Å². The number of rotatable bonds is 3. The number of amides is 1. The van der Waals surface area contributed by atoms with Crippen LogP contribution in [0.1, 0.15) is 31.7 Å². The summed E-state index contributed by atoms with van der Waals surface area (Å²) in [6.07, 6.45) is 5.39. The van der Waals surface area contributed by atoms with Gasteiger partial charge in [-0.1, -0.05) is 22.0 Å². The van der Waals surface area contributed by atoms with Crippen molar-refractivity contribution < 1.29 is 9.90 Å². The standard InChI is InChI=1S/C15H18BrN3O2/c16-12-4-3-11-9-19(18-14(11)7-12)13-5-1-10(2-6-13)8-17-15(20)21/h3-4,7,9-10,13,17H,1-2,5-6,8H2,(H,20,21). The highest BCUT2D eigenvalue weighted by atomic mass is 79.9. The molecule has 0 atom stereocenters. The predicted octanol–water partition coefficient (Wildman–Crippen LogP) is 3.80. The fourth-order valence-electron chi connectivity index (χ4n) is 3.04. The van der Waals surface area contributed by atoms with Gasteiger partial charge in [0, 0.05) is 22.6 Å². The number of aromatic nitrogens is 2. The molecule has 21 heavy (non-hydrogen) atoms. The fourth-order valence-corrected chi connectivity index (χ4v) is 3.39. The molecule has 6 heteroatoms. The molecule has 1 saturated carbocycles. The van der Waals surface area contributed by atoms with E-state index in [1.165, 1.54) is 0 Å². The van der Waals surface area contributed by atoms with Crippen LogP contribution in [0, 0.1) is 5.92 Å². The van der Waals surface area contributed by atoms with Gasteiger partial charge >= 0.3 is 6.09 Å². The second-order valence-electron chi connectivity index (χ2n) is 5.67. The van der Waals surface area contributed by atoms with Gasteiger partial charge in [0.25, 0.3) is 0 Å². The highest BCUT2D eigenvalue weighted by Crippen LogP contribution is 2.32. The molecule has 1 aromatic heterocycles. The van der Waals surface area contributed by atoms with Crippen LogP contribution in [0.15, 0.2) is 28.9 Å². The van der Waals surface area contributed by atoms with Gasteiger partial charge in [0.1, 0.15) is 0 Å². The van der Waals surface area contributed by atoms with E-state index >= 15 is 0 Å². The lowest BCUT2D eigenvalue weighted by Crippen LogP contribution is -2.30. The zero-order valence-corrected chi connectivity index (χ0v) is 13.2. The van der Waals surface area contributed by atoms with Crippen molar-refractivity contribution in [3.8, 4) is 0 Å². The Labute approximate surface area is 131 Å². The first-order valence-electron chi connectivity index (χ1n) is 7.23. The molecule has 0 radical (unpaired) electrons. The zero-order valence-electron chi connectivity index (χ0n) is 11.6. The third-order valence-corrected chi connectivity index (χ3v) is 4.71. The van der Waals surface area contributed by atoms with E-state index in [1.807, 2.05) is 12.1 Å². The maximum atomic E-state index is 10.5. The van der Waals surface area contributed by atoms with Crippen molar-refractivity contribution >= 4 is 32.9 Å². The van der Waals surface area contributed by atoms with Crippen LogP contribution in [0.4, 0.5) is 4.79 Å². The summed E-state index contributed by atoms with van der Waals surface area (Å²) in [6.45, 7) is 0.566. The van der Waals surface area contributed by atoms with Crippen molar-refractivity contribution in [3.05, 3.63) is 28.9 Å². The Bertz CT molecular complexity index is 647. The van der Waals surface area contributed by atoms with Crippen LogP contribution in [0.25, 0.3) is 10.9 Å². The van der Waals surface area contributed by atoms with Gasteiger partial charge in [0.05, 0.1) is 11.6 Å². The highest BCUT2D eigenvalue weighted by Gasteiger charge is 2.23. The average Bonchev–Trinajstić information content (AvgIpc) is 2.88. The molecule has 2 N–H and O–H groups in total.